The fraction of sp³-hybridized carbons (Fsp3) is 0.571. The monoisotopic (exact) mass is 534 g/mol. The Morgan fingerprint density at radius 1 is 0.744 bits per heavy atom. The van der Waals surface area contributed by atoms with E-state index in [0.29, 0.717) is 17.9 Å². The van der Waals surface area contributed by atoms with E-state index >= 15 is 0 Å². The summed E-state index contributed by atoms with van der Waals surface area (Å²) in [6, 6.07) is 14.4. The molecule has 1 saturated carbocycles. The molecule has 3 rings (SSSR count). The maximum Gasteiger partial charge on any atom is 0.343 e. The Bertz CT molecular complexity index is 934. The van der Waals surface area contributed by atoms with E-state index in [1.165, 1.54) is 70.6 Å². The van der Waals surface area contributed by atoms with Crippen molar-refractivity contribution < 1.29 is 19.0 Å². The number of hydrogen-bond donors (Lipinski definition) is 0. The van der Waals surface area contributed by atoms with Crippen LogP contribution in [0.25, 0.3) is 0 Å². The molecule has 39 heavy (non-hydrogen) atoms. The van der Waals surface area contributed by atoms with Crippen molar-refractivity contribution in [3.05, 3.63) is 66.7 Å². The zero-order valence-electron chi connectivity index (χ0n) is 24.2. The van der Waals surface area contributed by atoms with Crippen LogP contribution in [0.5, 0.6) is 17.2 Å². The van der Waals surface area contributed by atoms with Gasteiger partial charge in [0.05, 0.1) is 18.8 Å². The van der Waals surface area contributed by atoms with Crippen LogP contribution in [0, 0.1) is 11.8 Å². The first kappa shape index (κ1) is 30.8. The Balaban J connectivity index is 1.34. The molecule has 2 unspecified atom stereocenters. The Kier molecular flexibility index (Phi) is 14.6. The Morgan fingerprint density at radius 3 is 1.95 bits per heavy atom. The molecule has 0 heterocycles. The van der Waals surface area contributed by atoms with E-state index in [2.05, 4.69) is 13.5 Å². The minimum atomic E-state index is -0.381. The van der Waals surface area contributed by atoms with Gasteiger partial charge in [0.25, 0.3) is 0 Å². The van der Waals surface area contributed by atoms with Crippen molar-refractivity contribution in [2.75, 3.05) is 13.2 Å². The largest absolute Gasteiger partial charge is 0.494 e. The molecule has 4 heteroatoms. The molecule has 0 N–H and O–H groups in total. The summed E-state index contributed by atoms with van der Waals surface area (Å²) < 4.78 is 17.3. The average Bonchev–Trinajstić information content (AvgIpc) is 2.97. The highest BCUT2D eigenvalue weighted by Gasteiger charge is 2.24. The van der Waals surface area contributed by atoms with Crippen molar-refractivity contribution >= 4 is 5.97 Å². The summed E-state index contributed by atoms with van der Waals surface area (Å²) in [6.07, 6.45) is 21.3. The first-order valence-corrected chi connectivity index (χ1v) is 15.5. The van der Waals surface area contributed by atoms with Crippen LogP contribution in [-0.2, 0) is 0 Å². The van der Waals surface area contributed by atoms with E-state index in [1.54, 1.807) is 24.3 Å². The predicted molar refractivity (Wildman–Crippen MR) is 161 cm³/mol. The molecule has 0 saturated heterocycles. The third-order valence-electron chi connectivity index (χ3n) is 7.93. The first-order chi connectivity index (χ1) is 19.2. The van der Waals surface area contributed by atoms with E-state index in [-0.39, 0.29) is 5.97 Å². The highest BCUT2D eigenvalue weighted by atomic mass is 16.5. The Labute approximate surface area is 237 Å². The molecular weight excluding hydrogens is 484 g/mol. The van der Waals surface area contributed by atoms with Crippen LogP contribution >= 0.6 is 0 Å². The fourth-order valence-electron chi connectivity index (χ4n) is 5.63. The van der Waals surface area contributed by atoms with Gasteiger partial charge in [-0.05, 0) is 92.5 Å². The molecule has 2 atom stereocenters. The highest BCUT2D eigenvalue weighted by Crippen LogP contribution is 2.36. The van der Waals surface area contributed by atoms with Crippen LogP contribution in [0.15, 0.2) is 61.2 Å². The average molecular weight is 535 g/mol. The standard InChI is InChI=1S/C35H50O4/c1-3-5-7-9-10-15-29-16-11-12-17-30(29)18-14-28-38-33-23-25-34(26-24-33)39-35(36)31-19-21-32(22-20-31)37-27-13-8-6-4-2/h4,19-26,29-30H,2-3,5-18,27-28H2,1H3. The maximum atomic E-state index is 12.5. The molecule has 4 nitrogen and oxygen atoms in total. The number of allylic oxidation sites excluding steroid dienone is 1. The van der Waals surface area contributed by atoms with Gasteiger partial charge in [0.2, 0.25) is 0 Å². The van der Waals surface area contributed by atoms with Crippen LogP contribution in [-0.4, -0.2) is 19.2 Å². The number of benzene rings is 2. The number of unbranched alkanes of at least 4 members (excludes halogenated alkanes) is 6. The minimum Gasteiger partial charge on any atom is -0.494 e. The summed E-state index contributed by atoms with van der Waals surface area (Å²) >= 11 is 0. The molecule has 2 aromatic rings. The van der Waals surface area contributed by atoms with Gasteiger partial charge in [0, 0.05) is 0 Å². The van der Waals surface area contributed by atoms with Crippen LogP contribution in [0.4, 0.5) is 0 Å². The third-order valence-corrected chi connectivity index (χ3v) is 7.93. The van der Waals surface area contributed by atoms with Crippen molar-refractivity contribution in [1.29, 1.82) is 0 Å². The number of hydrogen-bond acceptors (Lipinski definition) is 4. The molecule has 0 bridgehead atoms. The number of esters is 1. The number of ether oxygens (including phenoxy) is 3. The second-order valence-corrected chi connectivity index (χ2v) is 11.0. The van der Waals surface area contributed by atoms with E-state index in [4.69, 9.17) is 14.2 Å². The zero-order valence-corrected chi connectivity index (χ0v) is 24.2. The second-order valence-electron chi connectivity index (χ2n) is 11.0. The quantitative estimate of drug-likeness (QED) is 0.0778. The van der Waals surface area contributed by atoms with Gasteiger partial charge in [-0.15, -0.1) is 6.58 Å². The van der Waals surface area contributed by atoms with E-state index in [0.717, 1.165) is 55.6 Å². The molecule has 2 aromatic carbocycles. The second kappa shape index (κ2) is 18.5. The molecule has 0 amide bonds. The third kappa shape index (κ3) is 11.9. The van der Waals surface area contributed by atoms with Crippen molar-refractivity contribution in [1.82, 2.24) is 0 Å². The van der Waals surface area contributed by atoms with Gasteiger partial charge in [0.1, 0.15) is 17.2 Å². The lowest BCUT2D eigenvalue weighted by Crippen LogP contribution is -2.20. The Hall–Kier alpha value is -2.75. The molecule has 214 valence electrons. The smallest absolute Gasteiger partial charge is 0.343 e. The van der Waals surface area contributed by atoms with Gasteiger partial charge < -0.3 is 14.2 Å². The lowest BCUT2D eigenvalue weighted by atomic mass is 9.74. The van der Waals surface area contributed by atoms with Crippen LogP contribution in [0.3, 0.4) is 0 Å². The van der Waals surface area contributed by atoms with Crippen molar-refractivity contribution in [2.24, 2.45) is 11.8 Å². The van der Waals surface area contributed by atoms with Gasteiger partial charge >= 0.3 is 5.97 Å². The minimum absolute atomic E-state index is 0.381. The number of rotatable bonds is 19. The van der Waals surface area contributed by atoms with Gasteiger partial charge in [-0.2, -0.15) is 0 Å². The molecule has 0 aliphatic heterocycles. The van der Waals surface area contributed by atoms with Crippen molar-refractivity contribution in [3.8, 4) is 17.2 Å². The lowest BCUT2D eigenvalue weighted by molar-refractivity contribution is 0.0734. The normalized spacial score (nSPS) is 16.9. The van der Waals surface area contributed by atoms with Crippen LogP contribution < -0.4 is 14.2 Å². The molecule has 1 aliphatic rings. The summed E-state index contributed by atoms with van der Waals surface area (Å²) in [5.74, 6) is 3.50. The van der Waals surface area contributed by atoms with Gasteiger partial charge in [0.15, 0.2) is 0 Å². The lowest BCUT2D eigenvalue weighted by Gasteiger charge is -2.31. The summed E-state index contributed by atoms with van der Waals surface area (Å²) in [5, 5.41) is 0. The SMILES string of the molecule is C=CCCCCOc1ccc(C(=O)Oc2ccc(OCCCC3CCCCC3CCCCCCC)cc2)cc1. The number of carbonyl (C=O) groups is 1. The summed E-state index contributed by atoms with van der Waals surface area (Å²) in [7, 11) is 0. The van der Waals surface area contributed by atoms with Gasteiger partial charge in [-0.1, -0.05) is 77.2 Å². The highest BCUT2D eigenvalue weighted by molar-refractivity contribution is 5.91. The van der Waals surface area contributed by atoms with E-state index < -0.39 is 0 Å². The summed E-state index contributed by atoms with van der Waals surface area (Å²) in [6.45, 7) is 7.41. The molecular formula is C35H50O4. The fourth-order valence-corrected chi connectivity index (χ4v) is 5.63. The molecule has 0 radical (unpaired) electrons. The molecule has 1 aliphatic carbocycles. The first-order valence-electron chi connectivity index (χ1n) is 15.5. The van der Waals surface area contributed by atoms with Crippen LogP contribution in [0.1, 0.15) is 114 Å². The molecule has 1 fully saturated rings. The Morgan fingerprint density at radius 2 is 1.31 bits per heavy atom. The van der Waals surface area contributed by atoms with Crippen molar-refractivity contribution in [3.63, 3.8) is 0 Å². The van der Waals surface area contributed by atoms with E-state index in [1.807, 2.05) is 30.3 Å². The number of carbonyl (C=O) groups excluding carboxylic acids is 1. The molecule has 0 aromatic heterocycles. The predicted octanol–water partition coefficient (Wildman–Crippen LogP) is 9.97. The summed E-state index contributed by atoms with van der Waals surface area (Å²) in [4.78, 5) is 12.5. The maximum absolute atomic E-state index is 12.5. The van der Waals surface area contributed by atoms with Gasteiger partial charge in [-0.3, -0.25) is 0 Å². The van der Waals surface area contributed by atoms with E-state index in [9.17, 15) is 4.79 Å². The van der Waals surface area contributed by atoms with Crippen LogP contribution in [0.2, 0.25) is 0 Å². The topological polar surface area (TPSA) is 44.8 Å². The molecule has 0 spiro atoms. The van der Waals surface area contributed by atoms with Crippen molar-refractivity contribution in [2.45, 2.75) is 103 Å². The summed E-state index contributed by atoms with van der Waals surface area (Å²) in [5.41, 5.74) is 0.497. The van der Waals surface area contributed by atoms with Gasteiger partial charge in [-0.25, -0.2) is 4.79 Å². The zero-order chi connectivity index (χ0) is 27.5.